The molecule has 0 aromatic heterocycles. The minimum Gasteiger partial charge on any atom is -0.484 e. The first-order valence-electron chi connectivity index (χ1n) is 9.28. The van der Waals surface area contributed by atoms with Gasteiger partial charge in [-0.15, -0.1) is 0 Å². The Bertz CT molecular complexity index is 637. The van der Waals surface area contributed by atoms with Crippen LogP contribution < -0.4 is 15.4 Å². The number of aliphatic hydroxyl groups is 1. The van der Waals surface area contributed by atoms with Crippen molar-refractivity contribution in [1.29, 1.82) is 0 Å². The molecule has 3 N–H and O–H groups in total. The summed E-state index contributed by atoms with van der Waals surface area (Å²) in [5.74, 6) is 0.206. The van der Waals surface area contributed by atoms with Crippen LogP contribution in [0.1, 0.15) is 36.0 Å². The first-order valence-corrected chi connectivity index (χ1v) is 9.28. The third-order valence-electron chi connectivity index (χ3n) is 4.97. The van der Waals surface area contributed by atoms with Gasteiger partial charge in [-0.25, -0.2) is 0 Å². The number of piperidine rings is 1. The molecule has 0 aliphatic carbocycles. The SMILES string of the molecule is O=C(NC[C@]1(O)CCNC1)c1cccc(OCC(=O)N2CCCCC2)c1. The molecule has 2 amide bonds. The lowest BCUT2D eigenvalue weighted by atomic mass is 10.0. The number of nitrogens with zero attached hydrogens (tertiary/aromatic N) is 1. The van der Waals surface area contributed by atoms with Crippen LogP contribution in [0.2, 0.25) is 0 Å². The topological polar surface area (TPSA) is 90.9 Å². The standard InChI is InChI=1S/C19H27N3O4/c23-17(22-9-2-1-3-10-22)12-26-16-6-4-5-15(11-16)18(24)21-14-19(25)7-8-20-13-19/h4-6,11,20,25H,1-3,7-10,12-14H2,(H,21,24)/t19-/m0/s1. The maximum Gasteiger partial charge on any atom is 0.260 e. The van der Waals surface area contributed by atoms with Crippen LogP contribution in [0, 0.1) is 0 Å². The molecule has 2 aliphatic heterocycles. The number of carbonyl (C=O) groups excluding carboxylic acids is 2. The zero-order chi connectivity index (χ0) is 18.4. The Labute approximate surface area is 153 Å². The molecule has 0 radical (unpaired) electrons. The summed E-state index contributed by atoms with van der Waals surface area (Å²) >= 11 is 0. The summed E-state index contributed by atoms with van der Waals surface area (Å²) in [4.78, 5) is 26.3. The second-order valence-corrected chi connectivity index (χ2v) is 7.09. The number of hydrogen-bond donors (Lipinski definition) is 3. The van der Waals surface area contributed by atoms with Crippen molar-refractivity contribution in [3.05, 3.63) is 29.8 Å². The number of β-amino-alcohol motifs (C(OH)–C–C–N with tert-alkyl or cyclic N) is 1. The van der Waals surface area contributed by atoms with Gasteiger partial charge in [0.15, 0.2) is 6.61 Å². The molecule has 7 heteroatoms. The van der Waals surface area contributed by atoms with Crippen molar-refractivity contribution >= 4 is 11.8 Å². The van der Waals surface area contributed by atoms with Crippen molar-refractivity contribution in [2.24, 2.45) is 0 Å². The quantitative estimate of drug-likeness (QED) is 0.688. The van der Waals surface area contributed by atoms with Crippen molar-refractivity contribution in [3.8, 4) is 5.75 Å². The summed E-state index contributed by atoms with van der Waals surface area (Å²) in [5.41, 5.74) is -0.438. The second kappa shape index (κ2) is 8.51. The van der Waals surface area contributed by atoms with Crippen LogP contribution in [0.4, 0.5) is 0 Å². The molecule has 2 fully saturated rings. The Morgan fingerprint density at radius 3 is 2.81 bits per heavy atom. The van der Waals surface area contributed by atoms with Gasteiger partial charge in [0.2, 0.25) is 0 Å². The summed E-state index contributed by atoms with van der Waals surface area (Å²) in [5, 5.41) is 16.1. The molecule has 0 unspecified atom stereocenters. The maximum atomic E-state index is 12.3. The van der Waals surface area contributed by atoms with E-state index >= 15 is 0 Å². The largest absolute Gasteiger partial charge is 0.484 e. The van der Waals surface area contributed by atoms with E-state index in [0.717, 1.165) is 32.5 Å². The number of carbonyl (C=O) groups is 2. The minimum absolute atomic E-state index is 0.0174. The fraction of sp³-hybridized carbons (Fsp3) is 0.579. The van der Waals surface area contributed by atoms with Crippen LogP contribution in [0.3, 0.4) is 0 Å². The lowest BCUT2D eigenvalue weighted by Gasteiger charge is -2.26. The fourth-order valence-electron chi connectivity index (χ4n) is 3.34. The average molecular weight is 361 g/mol. The van der Waals surface area contributed by atoms with Gasteiger partial charge in [0.05, 0.1) is 5.60 Å². The van der Waals surface area contributed by atoms with Crippen molar-refractivity contribution in [1.82, 2.24) is 15.5 Å². The van der Waals surface area contributed by atoms with E-state index in [9.17, 15) is 14.7 Å². The number of amides is 2. The van der Waals surface area contributed by atoms with Gasteiger partial charge in [-0.2, -0.15) is 0 Å². The lowest BCUT2D eigenvalue weighted by Crippen LogP contribution is -2.44. The third kappa shape index (κ3) is 4.95. The van der Waals surface area contributed by atoms with Gasteiger partial charge in [-0.05, 0) is 50.4 Å². The van der Waals surface area contributed by atoms with Gasteiger partial charge in [-0.1, -0.05) is 6.07 Å². The highest BCUT2D eigenvalue weighted by Crippen LogP contribution is 2.16. The Morgan fingerprint density at radius 1 is 1.27 bits per heavy atom. The van der Waals surface area contributed by atoms with E-state index in [1.54, 1.807) is 24.3 Å². The molecule has 26 heavy (non-hydrogen) atoms. The van der Waals surface area contributed by atoms with Crippen molar-refractivity contribution in [2.75, 3.05) is 39.3 Å². The van der Waals surface area contributed by atoms with E-state index in [-0.39, 0.29) is 25.0 Å². The van der Waals surface area contributed by atoms with Crippen LogP contribution in [0.15, 0.2) is 24.3 Å². The number of hydrogen-bond acceptors (Lipinski definition) is 5. The van der Waals surface area contributed by atoms with E-state index in [1.165, 1.54) is 6.42 Å². The van der Waals surface area contributed by atoms with Crippen LogP contribution in [-0.2, 0) is 4.79 Å². The molecular weight excluding hydrogens is 334 g/mol. The molecule has 7 nitrogen and oxygen atoms in total. The molecule has 142 valence electrons. The van der Waals surface area contributed by atoms with Crippen molar-refractivity contribution < 1.29 is 19.4 Å². The summed E-state index contributed by atoms with van der Waals surface area (Å²) in [7, 11) is 0. The highest BCUT2D eigenvalue weighted by Gasteiger charge is 2.31. The van der Waals surface area contributed by atoms with Crippen LogP contribution >= 0.6 is 0 Å². The van der Waals surface area contributed by atoms with Gasteiger partial charge >= 0.3 is 0 Å². The van der Waals surface area contributed by atoms with Crippen molar-refractivity contribution in [3.63, 3.8) is 0 Å². The zero-order valence-electron chi connectivity index (χ0n) is 15.0. The van der Waals surface area contributed by atoms with E-state index in [1.807, 2.05) is 4.90 Å². The molecule has 2 aliphatic rings. The highest BCUT2D eigenvalue weighted by atomic mass is 16.5. The molecular formula is C19H27N3O4. The first-order chi connectivity index (χ1) is 12.6. The van der Waals surface area contributed by atoms with E-state index in [0.29, 0.717) is 24.3 Å². The normalized spacial score (nSPS) is 22.9. The van der Waals surface area contributed by atoms with Gasteiger partial charge in [0, 0.05) is 31.7 Å². The Kier molecular flexibility index (Phi) is 6.11. The smallest absolute Gasteiger partial charge is 0.260 e. The van der Waals surface area contributed by atoms with Gasteiger partial charge in [-0.3, -0.25) is 9.59 Å². The molecule has 1 atom stereocenters. The molecule has 1 aromatic rings. The van der Waals surface area contributed by atoms with Crippen LogP contribution in [0.5, 0.6) is 5.75 Å². The molecule has 0 spiro atoms. The predicted molar refractivity (Wildman–Crippen MR) is 97.1 cm³/mol. The van der Waals surface area contributed by atoms with Crippen LogP contribution in [0.25, 0.3) is 0 Å². The number of benzene rings is 1. The molecule has 0 bridgehead atoms. The van der Waals surface area contributed by atoms with Gasteiger partial charge in [0.1, 0.15) is 5.75 Å². The lowest BCUT2D eigenvalue weighted by molar-refractivity contribution is -0.134. The summed E-state index contributed by atoms with van der Waals surface area (Å²) in [6.07, 6.45) is 3.88. The van der Waals surface area contributed by atoms with E-state index < -0.39 is 5.60 Å². The van der Waals surface area contributed by atoms with E-state index in [2.05, 4.69) is 10.6 Å². The average Bonchev–Trinajstić information content (AvgIpc) is 3.12. The molecule has 1 aromatic carbocycles. The number of rotatable bonds is 6. The third-order valence-corrected chi connectivity index (χ3v) is 4.97. The summed E-state index contributed by atoms with van der Waals surface area (Å²) < 4.78 is 5.58. The first kappa shape index (κ1) is 18.7. The molecule has 3 rings (SSSR count). The predicted octanol–water partition coefficient (Wildman–Crippen LogP) is 0.532. The Morgan fingerprint density at radius 2 is 2.08 bits per heavy atom. The molecule has 2 saturated heterocycles. The Balaban J connectivity index is 1.50. The number of likely N-dealkylation sites (tertiary alicyclic amines) is 1. The molecule has 0 saturated carbocycles. The fourth-order valence-corrected chi connectivity index (χ4v) is 3.34. The summed E-state index contributed by atoms with van der Waals surface area (Å²) in [6.45, 7) is 3.01. The highest BCUT2D eigenvalue weighted by molar-refractivity contribution is 5.94. The maximum absolute atomic E-state index is 12.3. The van der Waals surface area contributed by atoms with Gasteiger partial charge < -0.3 is 25.4 Å². The zero-order valence-corrected chi connectivity index (χ0v) is 15.0. The monoisotopic (exact) mass is 361 g/mol. The Hall–Kier alpha value is -2.12. The van der Waals surface area contributed by atoms with E-state index in [4.69, 9.17) is 4.74 Å². The number of nitrogens with one attached hydrogen (secondary N) is 2. The van der Waals surface area contributed by atoms with Gasteiger partial charge in [0.25, 0.3) is 11.8 Å². The van der Waals surface area contributed by atoms with Crippen molar-refractivity contribution in [2.45, 2.75) is 31.3 Å². The number of ether oxygens (including phenoxy) is 1. The molecule has 2 heterocycles. The van der Waals surface area contributed by atoms with Crippen LogP contribution in [-0.4, -0.2) is 66.8 Å². The second-order valence-electron chi connectivity index (χ2n) is 7.09. The summed E-state index contributed by atoms with van der Waals surface area (Å²) in [6, 6.07) is 6.76. The minimum atomic E-state index is -0.884.